The first-order valence-corrected chi connectivity index (χ1v) is 11.7. The third-order valence-electron chi connectivity index (χ3n) is 6.15. The molecule has 5 nitrogen and oxygen atoms in total. The van der Waals surface area contributed by atoms with E-state index in [1.165, 1.54) is 12.8 Å². The molecule has 2 fully saturated rings. The number of halogens is 1. The van der Waals surface area contributed by atoms with Gasteiger partial charge in [-0.1, -0.05) is 54.1 Å². The number of ether oxygens (including phenoxy) is 1. The van der Waals surface area contributed by atoms with Crippen LogP contribution in [0.25, 0.3) is 11.1 Å². The first kappa shape index (κ1) is 21.5. The van der Waals surface area contributed by atoms with E-state index in [9.17, 15) is 9.59 Å². The van der Waals surface area contributed by atoms with Crippen LogP contribution in [0.2, 0.25) is 5.02 Å². The fraction of sp³-hybridized carbons (Fsp3) is 0.259. The maximum absolute atomic E-state index is 12.6. The molecule has 0 bridgehead atoms. The SMILES string of the molecule is O=C(NCC1CC1)O[C@@H]1C[C@H]1c1ccc(NC(=O)c2ccc(-c3ccccc3Cl)cc2)cc1. The van der Waals surface area contributed by atoms with Crippen molar-refractivity contribution >= 4 is 29.3 Å². The molecule has 168 valence electrons. The number of anilines is 1. The van der Waals surface area contributed by atoms with E-state index in [0.29, 0.717) is 23.0 Å². The Bertz CT molecular complexity index is 1160. The van der Waals surface area contributed by atoms with Crippen LogP contribution in [-0.2, 0) is 4.74 Å². The Hall–Kier alpha value is -3.31. The lowest BCUT2D eigenvalue weighted by Gasteiger charge is -2.09. The molecule has 2 saturated carbocycles. The van der Waals surface area contributed by atoms with E-state index in [1.54, 1.807) is 12.1 Å². The summed E-state index contributed by atoms with van der Waals surface area (Å²) in [5.41, 5.74) is 4.30. The Morgan fingerprint density at radius 1 is 0.939 bits per heavy atom. The Kier molecular flexibility index (Phi) is 6.05. The molecule has 0 aliphatic heterocycles. The van der Waals surface area contributed by atoms with Crippen LogP contribution in [-0.4, -0.2) is 24.6 Å². The van der Waals surface area contributed by atoms with E-state index in [1.807, 2.05) is 60.7 Å². The molecule has 0 radical (unpaired) electrons. The lowest BCUT2D eigenvalue weighted by molar-refractivity contribution is 0.102. The third-order valence-corrected chi connectivity index (χ3v) is 6.48. The van der Waals surface area contributed by atoms with E-state index in [2.05, 4.69) is 10.6 Å². The predicted octanol–water partition coefficient (Wildman–Crippen LogP) is 6.25. The summed E-state index contributed by atoms with van der Waals surface area (Å²) in [4.78, 5) is 24.5. The lowest BCUT2D eigenvalue weighted by atomic mass is 10.0. The average molecular weight is 461 g/mol. The van der Waals surface area contributed by atoms with Gasteiger partial charge in [0.2, 0.25) is 0 Å². The first-order chi connectivity index (χ1) is 16.1. The van der Waals surface area contributed by atoms with Gasteiger partial charge in [-0.15, -0.1) is 0 Å². The van der Waals surface area contributed by atoms with Gasteiger partial charge in [-0.25, -0.2) is 4.79 Å². The first-order valence-electron chi connectivity index (χ1n) is 11.3. The molecule has 0 aromatic heterocycles. The highest BCUT2D eigenvalue weighted by Crippen LogP contribution is 2.43. The molecule has 2 aliphatic rings. The van der Waals surface area contributed by atoms with Crippen LogP contribution in [0.5, 0.6) is 0 Å². The topological polar surface area (TPSA) is 67.4 Å². The maximum atomic E-state index is 12.6. The molecule has 0 unspecified atom stereocenters. The number of rotatable bonds is 7. The number of amides is 2. The zero-order valence-electron chi connectivity index (χ0n) is 18.1. The van der Waals surface area contributed by atoms with Gasteiger partial charge >= 0.3 is 6.09 Å². The van der Waals surface area contributed by atoms with Gasteiger partial charge < -0.3 is 15.4 Å². The van der Waals surface area contributed by atoms with Gasteiger partial charge in [0.1, 0.15) is 6.10 Å². The van der Waals surface area contributed by atoms with Crippen LogP contribution in [0, 0.1) is 5.92 Å². The second kappa shape index (κ2) is 9.28. The monoisotopic (exact) mass is 460 g/mol. The summed E-state index contributed by atoms with van der Waals surface area (Å²) in [6.45, 7) is 0.716. The number of nitrogens with one attached hydrogen (secondary N) is 2. The van der Waals surface area contributed by atoms with Gasteiger partial charge in [0.05, 0.1) is 0 Å². The number of hydrogen-bond donors (Lipinski definition) is 2. The van der Waals surface area contributed by atoms with Crippen molar-refractivity contribution in [2.45, 2.75) is 31.3 Å². The molecule has 0 heterocycles. The lowest BCUT2D eigenvalue weighted by Crippen LogP contribution is -2.27. The van der Waals surface area contributed by atoms with Crippen molar-refractivity contribution in [1.29, 1.82) is 0 Å². The van der Waals surface area contributed by atoms with Crippen molar-refractivity contribution in [3.05, 3.63) is 88.9 Å². The van der Waals surface area contributed by atoms with E-state index in [4.69, 9.17) is 16.3 Å². The molecular weight excluding hydrogens is 436 g/mol. The molecule has 3 aromatic rings. The van der Waals surface area contributed by atoms with Gasteiger partial charge in [-0.3, -0.25) is 4.79 Å². The van der Waals surface area contributed by atoms with Gasteiger partial charge in [0.15, 0.2) is 0 Å². The number of benzene rings is 3. The fourth-order valence-electron chi connectivity index (χ4n) is 3.89. The molecule has 2 amide bonds. The zero-order chi connectivity index (χ0) is 22.8. The van der Waals surface area contributed by atoms with Crippen LogP contribution in [0.15, 0.2) is 72.8 Å². The fourth-order valence-corrected chi connectivity index (χ4v) is 4.14. The Morgan fingerprint density at radius 3 is 2.36 bits per heavy atom. The number of carbonyl (C=O) groups excluding carboxylic acids is 2. The molecule has 5 rings (SSSR count). The number of hydrogen-bond acceptors (Lipinski definition) is 3. The summed E-state index contributed by atoms with van der Waals surface area (Å²) in [6.07, 6.45) is 2.84. The summed E-state index contributed by atoms with van der Waals surface area (Å²) in [7, 11) is 0. The molecule has 6 heteroatoms. The normalized spacial score (nSPS) is 18.9. The highest BCUT2D eigenvalue weighted by molar-refractivity contribution is 6.33. The second-order valence-electron chi connectivity index (χ2n) is 8.74. The van der Waals surface area contributed by atoms with Crippen molar-refractivity contribution in [3.8, 4) is 11.1 Å². The molecule has 2 aliphatic carbocycles. The van der Waals surface area contributed by atoms with E-state index in [-0.39, 0.29) is 24.0 Å². The largest absolute Gasteiger partial charge is 0.446 e. The Morgan fingerprint density at radius 2 is 1.67 bits per heavy atom. The molecule has 0 saturated heterocycles. The summed E-state index contributed by atoms with van der Waals surface area (Å²) in [5.74, 6) is 0.683. The zero-order valence-corrected chi connectivity index (χ0v) is 18.8. The predicted molar refractivity (Wildman–Crippen MR) is 130 cm³/mol. The van der Waals surface area contributed by atoms with E-state index >= 15 is 0 Å². The van der Waals surface area contributed by atoms with E-state index < -0.39 is 0 Å². The second-order valence-corrected chi connectivity index (χ2v) is 9.15. The molecular formula is C27H25ClN2O3. The number of alkyl carbamates (subject to hydrolysis) is 1. The Balaban J connectivity index is 1.14. The Labute approximate surface area is 198 Å². The smallest absolute Gasteiger partial charge is 0.407 e. The van der Waals surface area contributed by atoms with Gasteiger partial charge in [-0.2, -0.15) is 0 Å². The standard InChI is InChI=1S/C27H25ClN2O3/c28-24-4-2-1-3-22(24)18-7-9-20(10-8-18)26(31)30-21-13-11-19(12-14-21)23-15-25(23)33-27(32)29-16-17-5-6-17/h1-4,7-14,17,23,25H,5-6,15-16H2,(H,29,32)(H,30,31)/t23-,25+/m0/s1. The van der Waals surface area contributed by atoms with Crippen LogP contribution in [0.3, 0.4) is 0 Å². The minimum Gasteiger partial charge on any atom is -0.446 e. The van der Waals surface area contributed by atoms with Crippen molar-refractivity contribution < 1.29 is 14.3 Å². The van der Waals surface area contributed by atoms with Gasteiger partial charge in [-0.05, 0) is 66.6 Å². The molecule has 0 spiro atoms. The van der Waals surface area contributed by atoms with E-state index in [0.717, 1.165) is 28.8 Å². The van der Waals surface area contributed by atoms with Crippen molar-refractivity contribution in [2.75, 3.05) is 11.9 Å². The quantitative estimate of drug-likeness (QED) is 0.437. The average Bonchev–Trinajstić information content (AvgIpc) is 3.75. The summed E-state index contributed by atoms with van der Waals surface area (Å²) in [5, 5.41) is 6.44. The highest BCUT2D eigenvalue weighted by Gasteiger charge is 2.42. The summed E-state index contributed by atoms with van der Waals surface area (Å²) >= 11 is 6.26. The summed E-state index contributed by atoms with van der Waals surface area (Å²) < 4.78 is 5.48. The third kappa shape index (κ3) is 5.37. The molecule has 2 N–H and O–H groups in total. The minimum absolute atomic E-state index is 0.0683. The maximum Gasteiger partial charge on any atom is 0.407 e. The van der Waals surface area contributed by atoms with Crippen LogP contribution < -0.4 is 10.6 Å². The molecule has 3 aromatic carbocycles. The van der Waals surface area contributed by atoms with Gasteiger partial charge in [0, 0.05) is 34.3 Å². The van der Waals surface area contributed by atoms with Crippen molar-refractivity contribution in [2.24, 2.45) is 5.92 Å². The number of carbonyl (C=O) groups is 2. The van der Waals surface area contributed by atoms with Crippen LogP contribution >= 0.6 is 11.6 Å². The highest BCUT2D eigenvalue weighted by atomic mass is 35.5. The van der Waals surface area contributed by atoms with Crippen molar-refractivity contribution in [1.82, 2.24) is 5.32 Å². The molecule has 33 heavy (non-hydrogen) atoms. The van der Waals surface area contributed by atoms with Gasteiger partial charge in [0.25, 0.3) is 5.91 Å². The summed E-state index contributed by atoms with van der Waals surface area (Å²) in [6, 6.07) is 22.7. The van der Waals surface area contributed by atoms with Crippen LogP contribution in [0.1, 0.15) is 41.1 Å². The van der Waals surface area contributed by atoms with Crippen LogP contribution in [0.4, 0.5) is 10.5 Å². The molecule has 2 atom stereocenters. The minimum atomic E-state index is -0.321. The van der Waals surface area contributed by atoms with Crippen molar-refractivity contribution in [3.63, 3.8) is 0 Å².